The van der Waals surface area contributed by atoms with E-state index < -0.39 is 0 Å². The van der Waals surface area contributed by atoms with Crippen LogP contribution in [0.4, 0.5) is 0 Å². The number of para-hydroxylation sites is 2. The number of rotatable bonds is 2. The van der Waals surface area contributed by atoms with Gasteiger partial charge in [-0.15, -0.1) is 0 Å². The van der Waals surface area contributed by atoms with Crippen LogP contribution in [-0.4, -0.2) is 9.97 Å². The average Bonchev–Trinajstić information content (AvgIpc) is 2.92. The Balaban J connectivity index is 1.76. The van der Waals surface area contributed by atoms with Crippen molar-refractivity contribution in [3.63, 3.8) is 0 Å². The quantitative estimate of drug-likeness (QED) is 0.256. The Morgan fingerprint density at radius 3 is 1.15 bits per heavy atom. The topological polar surface area (TPSA) is 25.8 Å². The molecule has 0 bridgehead atoms. The SMILES string of the molecule is c1ccc(-c2nc3ccccc3c3c2ccc2c(-c4ccccc4)nc4ccccc4c23)cc1. The van der Waals surface area contributed by atoms with Crippen LogP contribution in [0.5, 0.6) is 0 Å². The first-order chi connectivity index (χ1) is 16.9. The van der Waals surface area contributed by atoms with Crippen molar-refractivity contribution in [3.05, 3.63) is 121 Å². The Morgan fingerprint density at radius 2 is 0.706 bits per heavy atom. The third-order valence-corrected chi connectivity index (χ3v) is 6.62. The molecule has 0 N–H and O–H groups in total. The zero-order valence-corrected chi connectivity index (χ0v) is 18.4. The summed E-state index contributed by atoms with van der Waals surface area (Å²) < 4.78 is 0. The standard InChI is InChI=1S/C32H20N2/c1-3-11-21(12-4-1)31-25-19-20-26-30(29(25)23-15-7-9-17-27(23)33-31)24-16-8-10-18-28(24)34-32(26)22-13-5-2-6-14-22/h1-20H. The van der Waals surface area contributed by atoms with Gasteiger partial charge in [0.25, 0.3) is 0 Å². The summed E-state index contributed by atoms with van der Waals surface area (Å²) in [4.78, 5) is 10.3. The number of hydrogen-bond donors (Lipinski definition) is 0. The molecular weight excluding hydrogens is 412 g/mol. The number of aromatic nitrogens is 2. The molecule has 7 aromatic rings. The van der Waals surface area contributed by atoms with Gasteiger partial charge in [-0.05, 0) is 12.1 Å². The minimum Gasteiger partial charge on any atom is -0.247 e. The Labute approximate surface area is 197 Å². The van der Waals surface area contributed by atoms with Crippen molar-refractivity contribution in [1.82, 2.24) is 9.97 Å². The lowest BCUT2D eigenvalue weighted by atomic mass is 9.91. The fourth-order valence-electron chi connectivity index (χ4n) is 5.12. The van der Waals surface area contributed by atoms with Gasteiger partial charge in [0.2, 0.25) is 0 Å². The highest BCUT2D eigenvalue weighted by Gasteiger charge is 2.17. The molecule has 0 aliphatic carbocycles. The normalized spacial score (nSPS) is 11.5. The maximum absolute atomic E-state index is 5.13. The van der Waals surface area contributed by atoms with Crippen LogP contribution in [-0.2, 0) is 0 Å². The number of pyridine rings is 2. The molecule has 5 aromatic carbocycles. The van der Waals surface area contributed by atoms with Gasteiger partial charge in [0.15, 0.2) is 0 Å². The molecule has 0 saturated carbocycles. The first-order valence-electron chi connectivity index (χ1n) is 11.5. The predicted octanol–water partition coefficient (Wildman–Crippen LogP) is 8.42. The Morgan fingerprint density at radius 1 is 0.324 bits per heavy atom. The van der Waals surface area contributed by atoms with Gasteiger partial charge in [0.1, 0.15) is 0 Å². The lowest BCUT2D eigenvalue weighted by Crippen LogP contribution is -1.94. The summed E-state index contributed by atoms with van der Waals surface area (Å²) >= 11 is 0. The van der Waals surface area contributed by atoms with Crippen LogP contribution in [0.15, 0.2) is 121 Å². The summed E-state index contributed by atoms with van der Waals surface area (Å²) in [6, 6.07) is 42.4. The molecule has 2 aromatic heterocycles. The monoisotopic (exact) mass is 432 g/mol. The molecule has 2 heterocycles. The van der Waals surface area contributed by atoms with Crippen molar-refractivity contribution in [1.29, 1.82) is 0 Å². The number of nitrogens with zero attached hydrogens (tertiary/aromatic N) is 2. The highest BCUT2D eigenvalue weighted by molar-refractivity contribution is 6.30. The van der Waals surface area contributed by atoms with Crippen LogP contribution in [0.25, 0.3) is 65.9 Å². The summed E-state index contributed by atoms with van der Waals surface area (Å²) in [5.41, 5.74) is 6.28. The maximum Gasteiger partial charge on any atom is 0.0788 e. The minimum atomic E-state index is 1.00. The van der Waals surface area contributed by atoms with Gasteiger partial charge in [-0.3, -0.25) is 0 Å². The van der Waals surface area contributed by atoms with Crippen molar-refractivity contribution in [2.24, 2.45) is 0 Å². The van der Waals surface area contributed by atoms with Crippen LogP contribution < -0.4 is 0 Å². The lowest BCUT2D eigenvalue weighted by molar-refractivity contribution is 1.42. The molecule has 2 heteroatoms. The summed E-state index contributed by atoms with van der Waals surface area (Å²) in [7, 11) is 0. The Kier molecular flexibility index (Phi) is 4.18. The summed E-state index contributed by atoms with van der Waals surface area (Å²) in [5.74, 6) is 0. The molecule has 158 valence electrons. The fraction of sp³-hybridized carbons (Fsp3) is 0. The van der Waals surface area contributed by atoms with Gasteiger partial charge in [-0.1, -0.05) is 109 Å². The van der Waals surface area contributed by atoms with Gasteiger partial charge in [-0.2, -0.15) is 0 Å². The zero-order chi connectivity index (χ0) is 22.5. The molecule has 0 aliphatic heterocycles. The summed E-state index contributed by atoms with van der Waals surface area (Å²) in [6.45, 7) is 0. The highest BCUT2D eigenvalue weighted by Crippen LogP contribution is 2.42. The van der Waals surface area contributed by atoms with Crippen molar-refractivity contribution in [2.75, 3.05) is 0 Å². The predicted molar refractivity (Wildman–Crippen MR) is 143 cm³/mol. The van der Waals surface area contributed by atoms with Gasteiger partial charge < -0.3 is 0 Å². The second kappa shape index (κ2) is 7.50. The van der Waals surface area contributed by atoms with E-state index in [0.29, 0.717) is 0 Å². The van der Waals surface area contributed by atoms with Crippen LogP contribution in [0, 0.1) is 0 Å². The third kappa shape index (κ3) is 2.82. The first kappa shape index (κ1) is 19.0. The number of fused-ring (bicyclic) bond motifs is 7. The van der Waals surface area contributed by atoms with Crippen LogP contribution in [0.2, 0.25) is 0 Å². The van der Waals surface area contributed by atoms with E-state index in [1.807, 2.05) is 12.1 Å². The van der Waals surface area contributed by atoms with E-state index in [1.165, 1.54) is 10.8 Å². The first-order valence-corrected chi connectivity index (χ1v) is 11.5. The van der Waals surface area contributed by atoms with E-state index in [4.69, 9.17) is 9.97 Å². The number of benzene rings is 5. The van der Waals surface area contributed by atoms with Gasteiger partial charge in [-0.25, -0.2) is 9.97 Å². The maximum atomic E-state index is 5.13. The Bertz CT molecular complexity index is 1700. The fourth-order valence-corrected chi connectivity index (χ4v) is 5.12. The van der Waals surface area contributed by atoms with Gasteiger partial charge in [0, 0.05) is 43.4 Å². The molecule has 0 fully saturated rings. The largest absolute Gasteiger partial charge is 0.247 e. The number of hydrogen-bond acceptors (Lipinski definition) is 2. The molecule has 0 spiro atoms. The molecular formula is C32H20N2. The van der Waals surface area contributed by atoms with Crippen molar-refractivity contribution >= 4 is 43.4 Å². The molecule has 34 heavy (non-hydrogen) atoms. The smallest absolute Gasteiger partial charge is 0.0788 e. The molecule has 2 nitrogen and oxygen atoms in total. The van der Waals surface area contributed by atoms with Crippen LogP contribution in [0.1, 0.15) is 0 Å². The average molecular weight is 433 g/mol. The zero-order valence-electron chi connectivity index (χ0n) is 18.4. The van der Waals surface area contributed by atoms with E-state index in [2.05, 4.69) is 109 Å². The lowest BCUT2D eigenvalue weighted by Gasteiger charge is -2.16. The van der Waals surface area contributed by atoms with E-state index in [9.17, 15) is 0 Å². The minimum absolute atomic E-state index is 1.00. The molecule has 0 unspecified atom stereocenters. The second-order valence-electron chi connectivity index (χ2n) is 8.60. The van der Waals surface area contributed by atoms with Crippen molar-refractivity contribution in [2.45, 2.75) is 0 Å². The van der Waals surface area contributed by atoms with E-state index in [-0.39, 0.29) is 0 Å². The summed E-state index contributed by atoms with van der Waals surface area (Å²) in [5, 5.41) is 7.12. The van der Waals surface area contributed by atoms with Crippen molar-refractivity contribution < 1.29 is 0 Å². The molecule has 0 radical (unpaired) electrons. The van der Waals surface area contributed by atoms with Gasteiger partial charge in [0.05, 0.1) is 22.4 Å². The van der Waals surface area contributed by atoms with E-state index in [1.54, 1.807) is 0 Å². The van der Waals surface area contributed by atoms with Gasteiger partial charge >= 0.3 is 0 Å². The highest BCUT2D eigenvalue weighted by atomic mass is 14.7. The molecule has 0 atom stereocenters. The molecule has 0 saturated heterocycles. The Hall–Kier alpha value is -4.56. The van der Waals surface area contributed by atoms with E-state index >= 15 is 0 Å². The van der Waals surface area contributed by atoms with E-state index in [0.717, 1.165) is 55.1 Å². The van der Waals surface area contributed by atoms with Crippen LogP contribution in [0.3, 0.4) is 0 Å². The van der Waals surface area contributed by atoms with Crippen molar-refractivity contribution in [3.8, 4) is 22.5 Å². The molecule has 0 aliphatic rings. The molecule has 7 rings (SSSR count). The summed E-state index contributed by atoms with van der Waals surface area (Å²) in [6.07, 6.45) is 0. The van der Waals surface area contributed by atoms with Crippen LogP contribution >= 0.6 is 0 Å². The second-order valence-corrected chi connectivity index (χ2v) is 8.60. The third-order valence-electron chi connectivity index (χ3n) is 6.62. The molecule has 0 amide bonds.